The zero-order chi connectivity index (χ0) is 22.1. The molecule has 3 aromatic carbocycles. The van der Waals surface area contributed by atoms with Gasteiger partial charge in [-0.25, -0.2) is 0 Å². The SMILES string of the molecule is CCOc1cc(/C=N\OCc2ccccc2C#N)cc(Br)c1OCc1ccc(Cl)cc1. The van der Waals surface area contributed by atoms with Crippen LogP contribution in [-0.2, 0) is 18.1 Å². The molecule has 0 bridgehead atoms. The minimum Gasteiger partial charge on any atom is -0.490 e. The lowest BCUT2D eigenvalue weighted by Crippen LogP contribution is -2.01. The lowest BCUT2D eigenvalue weighted by atomic mass is 10.1. The summed E-state index contributed by atoms with van der Waals surface area (Å²) in [5.41, 5.74) is 3.13. The largest absolute Gasteiger partial charge is 0.490 e. The topological polar surface area (TPSA) is 63.8 Å². The maximum Gasteiger partial charge on any atom is 0.175 e. The van der Waals surface area contributed by atoms with Crippen LogP contribution in [0.1, 0.15) is 29.2 Å². The first-order valence-electron chi connectivity index (χ1n) is 9.57. The van der Waals surface area contributed by atoms with Gasteiger partial charge in [0.25, 0.3) is 0 Å². The van der Waals surface area contributed by atoms with Gasteiger partial charge >= 0.3 is 0 Å². The summed E-state index contributed by atoms with van der Waals surface area (Å²) in [7, 11) is 0. The highest BCUT2D eigenvalue weighted by molar-refractivity contribution is 9.10. The van der Waals surface area contributed by atoms with E-state index in [-0.39, 0.29) is 6.61 Å². The van der Waals surface area contributed by atoms with Crippen LogP contribution >= 0.6 is 27.5 Å². The van der Waals surface area contributed by atoms with Crippen LogP contribution in [0.2, 0.25) is 5.02 Å². The third kappa shape index (κ3) is 6.48. The van der Waals surface area contributed by atoms with E-state index in [1.165, 1.54) is 0 Å². The van der Waals surface area contributed by atoms with Crippen molar-refractivity contribution in [2.45, 2.75) is 20.1 Å². The van der Waals surface area contributed by atoms with Crippen molar-refractivity contribution in [3.05, 3.63) is 92.4 Å². The van der Waals surface area contributed by atoms with Gasteiger partial charge in [-0.05, 0) is 58.7 Å². The number of hydrogen-bond donors (Lipinski definition) is 0. The van der Waals surface area contributed by atoms with E-state index in [2.05, 4.69) is 27.2 Å². The monoisotopic (exact) mass is 498 g/mol. The fraction of sp³-hybridized carbons (Fsp3) is 0.167. The molecule has 158 valence electrons. The van der Waals surface area contributed by atoms with Gasteiger partial charge in [0.2, 0.25) is 0 Å². The lowest BCUT2D eigenvalue weighted by molar-refractivity contribution is 0.132. The first kappa shape index (κ1) is 22.7. The Labute approximate surface area is 194 Å². The second-order valence-electron chi connectivity index (χ2n) is 6.46. The van der Waals surface area contributed by atoms with Gasteiger partial charge in [0.05, 0.1) is 28.9 Å². The summed E-state index contributed by atoms with van der Waals surface area (Å²) in [6.07, 6.45) is 1.59. The minimum absolute atomic E-state index is 0.210. The van der Waals surface area contributed by atoms with E-state index in [9.17, 15) is 0 Å². The summed E-state index contributed by atoms with van der Waals surface area (Å²) in [6, 6.07) is 20.6. The van der Waals surface area contributed by atoms with E-state index in [0.717, 1.165) is 21.2 Å². The molecule has 3 rings (SSSR count). The third-order valence-electron chi connectivity index (χ3n) is 4.26. The van der Waals surface area contributed by atoms with E-state index >= 15 is 0 Å². The summed E-state index contributed by atoms with van der Waals surface area (Å²) in [6.45, 7) is 2.99. The van der Waals surface area contributed by atoms with Crippen LogP contribution in [0.15, 0.2) is 70.3 Å². The van der Waals surface area contributed by atoms with Crippen LogP contribution in [0, 0.1) is 11.3 Å². The van der Waals surface area contributed by atoms with Crippen LogP contribution in [0.25, 0.3) is 0 Å². The Morgan fingerprint density at radius 3 is 2.58 bits per heavy atom. The Bertz CT molecular complexity index is 1090. The summed E-state index contributed by atoms with van der Waals surface area (Å²) in [5.74, 6) is 1.21. The van der Waals surface area contributed by atoms with Gasteiger partial charge in [0.15, 0.2) is 11.5 Å². The van der Waals surface area contributed by atoms with Gasteiger partial charge in [-0.3, -0.25) is 0 Å². The molecule has 0 fully saturated rings. The normalized spacial score (nSPS) is 10.6. The van der Waals surface area contributed by atoms with Gasteiger partial charge in [-0.2, -0.15) is 5.26 Å². The molecule has 0 aliphatic rings. The molecule has 5 nitrogen and oxygen atoms in total. The molecule has 0 aliphatic heterocycles. The molecule has 0 amide bonds. The Morgan fingerprint density at radius 1 is 1.06 bits per heavy atom. The Morgan fingerprint density at radius 2 is 1.84 bits per heavy atom. The van der Waals surface area contributed by atoms with Gasteiger partial charge in [-0.15, -0.1) is 0 Å². The number of benzene rings is 3. The molecule has 0 saturated carbocycles. The summed E-state index contributed by atoms with van der Waals surface area (Å²) in [4.78, 5) is 5.37. The number of halogens is 2. The molecular formula is C24H20BrClN2O3. The first-order valence-corrected chi connectivity index (χ1v) is 10.7. The molecule has 0 aromatic heterocycles. The van der Waals surface area contributed by atoms with Gasteiger partial charge in [0, 0.05) is 16.1 Å². The predicted molar refractivity (Wildman–Crippen MR) is 125 cm³/mol. The maximum atomic E-state index is 9.14. The fourth-order valence-corrected chi connectivity index (χ4v) is 3.46. The van der Waals surface area contributed by atoms with Crippen LogP contribution in [0.5, 0.6) is 11.5 Å². The van der Waals surface area contributed by atoms with E-state index in [0.29, 0.717) is 35.3 Å². The summed E-state index contributed by atoms with van der Waals surface area (Å²) < 4.78 is 12.5. The second kappa shape index (κ2) is 11.4. The highest BCUT2D eigenvalue weighted by atomic mass is 79.9. The predicted octanol–water partition coefficient (Wildman–Crippen LogP) is 6.50. The zero-order valence-electron chi connectivity index (χ0n) is 16.8. The Kier molecular flexibility index (Phi) is 8.34. The number of oxime groups is 1. The average molecular weight is 500 g/mol. The van der Waals surface area contributed by atoms with Crippen molar-refractivity contribution in [2.75, 3.05) is 6.61 Å². The van der Waals surface area contributed by atoms with Crippen molar-refractivity contribution in [2.24, 2.45) is 5.16 Å². The molecular weight excluding hydrogens is 480 g/mol. The summed E-state index contributed by atoms with van der Waals surface area (Å²) in [5, 5.41) is 13.8. The third-order valence-corrected chi connectivity index (χ3v) is 5.10. The van der Waals surface area contributed by atoms with E-state index in [1.807, 2.05) is 61.5 Å². The molecule has 0 saturated heterocycles. The van der Waals surface area contributed by atoms with E-state index in [1.54, 1.807) is 12.3 Å². The van der Waals surface area contributed by atoms with Crippen molar-refractivity contribution in [3.8, 4) is 17.6 Å². The Hall–Kier alpha value is -3.01. The van der Waals surface area contributed by atoms with Crippen LogP contribution in [0.4, 0.5) is 0 Å². The number of ether oxygens (including phenoxy) is 2. The fourth-order valence-electron chi connectivity index (χ4n) is 2.76. The number of hydrogen-bond acceptors (Lipinski definition) is 5. The smallest absolute Gasteiger partial charge is 0.175 e. The van der Waals surface area contributed by atoms with Crippen LogP contribution in [0.3, 0.4) is 0 Å². The van der Waals surface area contributed by atoms with Crippen molar-refractivity contribution < 1.29 is 14.3 Å². The molecule has 0 heterocycles. The van der Waals surface area contributed by atoms with Crippen molar-refractivity contribution in [3.63, 3.8) is 0 Å². The van der Waals surface area contributed by atoms with E-state index in [4.69, 9.17) is 31.2 Å². The number of nitrogens with zero attached hydrogens (tertiary/aromatic N) is 2. The molecule has 0 aliphatic carbocycles. The lowest BCUT2D eigenvalue weighted by Gasteiger charge is -2.14. The second-order valence-corrected chi connectivity index (χ2v) is 7.75. The first-order chi connectivity index (χ1) is 15.1. The van der Waals surface area contributed by atoms with Gasteiger partial charge in [0.1, 0.15) is 13.2 Å². The van der Waals surface area contributed by atoms with E-state index < -0.39 is 0 Å². The molecule has 0 spiro atoms. The molecule has 0 unspecified atom stereocenters. The number of nitriles is 1. The average Bonchev–Trinajstić information content (AvgIpc) is 2.78. The highest BCUT2D eigenvalue weighted by Crippen LogP contribution is 2.37. The van der Waals surface area contributed by atoms with Crippen molar-refractivity contribution in [1.82, 2.24) is 0 Å². The highest BCUT2D eigenvalue weighted by Gasteiger charge is 2.12. The van der Waals surface area contributed by atoms with Crippen molar-refractivity contribution in [1.29, 1.82) is 5.26 Å². The maximum absolute atomic E-state index is 9.14. The van der Waals surface area contributed by atoms with Gasteiger partial charge in [-0.1, -0.05) is 47.1 Å². The molecule has 3 aromatic rings. The summed E-state index contributed by atoms with van der Waals surface area (Å²) >= 11 is 9.49. The Balaban J connectivity index is 1.69. The zero-order valence-corrected chi connectivity index (χ0v) is 19.2. The molecule has 0 atom stereocenters. The minimum atomic E-state index is 0.210. The standard InChI is InChI=1S/C24H20BrClN2O3/c1-2-29-23-12-18(14-28-31-16-20-6-4-3-5-19(20)13-27)11-22(25)24(23)30-15-17-7-9-21(26)10-8-17/h3-12,14H,2,15-16H2,1H3/b28-14-. The van der Waals surface area contributed by atoms with Crippen LogP contribution < -0.4 is 9.47 Å². The number of rotatable bonds is 9. The molecule has 31 heavy (non-hydrogen) atoms. The molecule has 0 radical (unpaired) electrons. The van der Waals surface area contributed by atoms with Crippen molar-refractivity contribution >= 4 is 33.7 Å². The molecule has 0 N–H and O–H groups in total. The van der Waals surface area contributed by atoms with Crippen LogP contribution in [-0.4, -0.2) is 12.8 Å². The quantitative estimate of drug-likeness (QED) is 0.249. The van der Waals surface area contributed by atoms with Gasteiger partial charge < -0.3 is 14.3 Å². The molecule has 7 heteroatoms.